The van der Waals surface area contributed by atoms with Crippen molar-refractivity contribution >= 4 is 22.2 Å². The summed E-state index contributed by atoms with van der Waals surface area (Å²) in [6.07, 6.45) is 4.98. The van der Waals surface area contributed by atoms with Crippen molar-refractivity contribution in [1.82, 2.24) is 14.3 Å². The number of carbonyl (C=O) groups excluding carboxylic acids is 1. The van der Waals surface area contributed by atoms with Gasteiger partial charge in [-0.05, 0) is 37.5 Å². The average Bonchev–Trinajstić information content (AvgIpc) is 3.16. The van der Waals surface area contributed by atoms with E-state index in [2.05, 4.69) is 4.98 Å². The third-order valence-corrected chi connectivity index (χ3v) is 5.63. The molecule has 4 rings (SSSR count). The van der Waals surface area contributed by atoms with Crippen LogP contribution in [0.15, 0.2) is 46.8 Å². The lowest BCUT2D eigenvalue weighted by Crippen LogP contribution is -2.43. The van der Waals surface area contributed by atoms with E-state index in [1.165, 1.54) is 21.9 Å². The second kappa shape index (κ2) is 7.52. The largest absolute Gasteiger partial charge is 0.493 e. The summed E-state index contributed by atoms with van der Waals surface area (Å²) in [7, 11) is 0. The maximum absolute atomic E-state index is 12.9. The van der Waals surface area contributed by atoms with Gasteiger partial charge in [0, 0.05) is 36.8 Å². The predicted molar refractivity (Wildman–Crippen MR) is 105 cm³/mol. The number of fused-ring (bicyclic) bond motifs is 1. The molecule has 1 fully saturated rings. The van der Waals surface area contributed by atoms with Gasteiger partial charge in [-0.15, -0.1) is 11.3 Å². The zero-order valence-electron chi connectivity index (χ0n) is 15.1. The Balaban J connectivity index is 1.44. The van der Waals surface area contributed by atoms with Crippen molar-refractivity contribution in [3.8, 4) is 5.75 Å². The number of nitrogens with zero attached hydrogens (tertiary/aromatic N) is 3. The summed E-state index contributed by atoms with van der Waals surface area (Å²) in [5.74, 6) is 0.862. The fourth-order valence-corrected chi connectivity index (χ4v) is 4.12. The number of ether oxygens (including phenoxy) is 1. The van der Waals surface area contributed by atoms with Gasteiger partial charge in [0.2, 0.25) is 0 Å². The Kier molecular flexibility index (Phi) is 4.94. The van der Waals surface area contributed by atoms with Crippen LogP contribution in [0.25, 0.3) is 4.96 Å². The van der Waals surface area contributed by atoms with Crippen LogP contribution in [0, 0.1) is 12.8 Å². The summed E-state index contributed by atoms with van der Waals surface area (Å²) >= 11 is 1.37. The van der Waals surface area contributed by atoms with E-state index in [9.17, 15) is 9.59 Å². The number of thiazole rings is 1. The first-order valence-electron chi connectivity index (χ1n) is 9.05. The van der Waals surface area contributed by atoms with E-state index in [1.54, 1.807) is 16.5 Å². The minimum Gasteiger partial charge on any atom is -0.493 e. The summed E-state index contributed by atoms with van der Waals surface area (Å²) in [6, 6.07) is 7.96. The molecule has 0 spiro atoms. The Labute approximate surface area is 161 Å². The molecule has 0 aliphatic carbocycles. The standard InChI is InChI=1S/C20H21N3O3S/c1-14-4-2-6-16(10-14)26-13-15-5-3-7-22(12-15)18(24)17-11-21-20-23(19(17)25)8-9-27-20/h2,4,6,8-11,15H,3,5,7,12-13H2,1H3/t15-/m1/s1. The molecule has 0 unspecified atom stereocenters. The van der Waals surface area contributed by atoms with Gasteiger partial charge in [0.05, 0.1) is 6.61 Å². The van der Waals surface area contributed by atoms with Gasteiger partial charge in [0.25, 0.3) is 11.5 Å². The normalized spacial score (nSPS) is 17.2. The molecule has 0 bridgehead atoms. The summed E-state index contributed by atoms with van der Waals surface area (Å²) in [4.78, 5) is 32.0. The number of aromatic nitrogens is 2. The van der Waals surface area contributed by atoms with Gasteiger partial charge >= 0.3 is 0 Å². The van der Waals surface area contributed by atoms with E-state index in [4.69, 9.17) is 4.74 Å². The van der Waals surface area contributed by atoms with Crippen LogP contribution in [-0.4, -0.2) is 39.9 Å². The number of likely N-dealkylation sites (tertiary alicyclic amines) is 1. The summed E-state index contributed by atoms with van der Waals surface area (Å²) in [5.41, 5.74) is 0.986. The van der Waals surface area contributed by atoms with Gasteiger partial charge in [-0.1, -0.05) is 12.1 Å². The summed E-state index contributed by atoms with van der Waals surface area (Å²) < 4.78 is 7.35. The van der Waals surface area contributed by atoms with Crippen LogP contribution in [0.1, 0.15) is 28.8 Å². The van der Waals surface area contributed by atoms with Gasteiger partial charge < -0.3 is 9.64 Å². The van der Waals surface area contributed by atoms with Gasteiger partial charge in [-0.2, -0.15) is 0 Å². The maximum Gasteiger partial charge on any atom is 0.271 e. The lowest BCUT2D eigenvalue weighted by Gasteiger charge is -2.32. The smallest absolute Gasteiger partial charge is 0.271 e. The van der Waals surface area contributed by atoms with Crippen molar-refractivity contribution in [3.63, 3.8) is 0 Å². The quantitative estimate of drug-likeness (QED) is 0.695. The van der Waals surface area contributed by atoms with E-state index in [-0.39, 0.29) is 22.9 Å². The Hall–Kier alpha value is -2.67. The van der Waals surface area contributed by atoms with Crippen LogP contribution in [0.2, 0.25) is 0 Å². The molecule has 3 aromatic rings. The predicted octanol–water partition coefficient (Wildman–Crippen LogP) is 3.00. The molecular weight excluding hydrogens is 362 g/mol. The molecule has 0 saturated carbocycles. The number of rotatable bonds is 4. The van der Waals surface area contributed by atoms with Crippen LogP contribution < -0.4 is 10.3 Å². The molecule has 1 aromatic carbocycles. The number of carbonyl (C=O) groups is 1. The SMILES string of the molecule is Cc1cccc(OC[C@@H]2CCCN(C(=O)c3cnc4sccn4c3=O)C2)c1. The molecule has 6 nitrogen and oxygen atoms in total. The third-order valence-electron chi connectivity index (χ3n) is 4.85. The van der Waals surface area contributed by atoms with Crippen LogP contribution in [-0.2, 0) is 0 Å². The molecule has 1 aliphatic heterocycles. The van der Waals surface area contributed by atoms with Gasteiger partial charge in [-0.25, -0.2) is 4.98 Å². The minimum atomic E-state index is -0.301. The Morgan fingerprint density at radius 2 is 2.30 bits per heavy atom. The van der Waals surface area contributed by atoms with Crippen molar-refractivity contribution in [3.05, 3.63) is 63.5 Å². The summed E-state index contributed by atoms with van der Waals surface area (Å²) in [6.45, 7) is 3.85. The zero-order valence-corrected chi connectivity index (χ0v) is 15.9. The number of hydrogen-bond donors (Lipinski definition) is 0. The highest BCUT2D eigenvalue weighted by Crippen LogP contribution is 2.20. The zero-order chi connectivity index (χ0) is 18.8. The molecule has 27 heavy (non-hydrogen) atoms. The number of hydrogen-bond acceptors (Lipinski definition) is 5. The maximum atomic E-state index is 12.9. The van der Waals surface area contributed by atoms with E-state index >= 15 is 0 Å². The van der Waals surface area contributed by atoms with Crippen molar-refractivity contribution < 1.29 is 9.53 Å². The van der Waals surface area contributed by atoms with Crippen molar-refractivity contribution in [2.24, 2.45) is 5.92 Å². The Bertz CT molecular complexity index is 1030. The second-order valence-electron chi connectivity index (χ2n) is 6.92. The topological polar surface area (TPSA) is 63.9 Å². The Morgan fingerprint density at radius 3 is 3.15 bits per heavy atom. The van der Waals surface area contributed by atoms with Crippen molar-refractivity contribution in [2.75, 3.05) is 19.7 Å². The monoisotopic (exact) mass is 383 g/mol. The first-order chi connectivity index (χ1) is 13.1. The molecule has 1 amide bonds. The van der Waals surface area contributed by atoms with Crippen LogP contribution >= 0.6 is 11.3 Å². The van der Waals surface area contributed by atoms with Crippen LogP contribution in [0.5, 0.6) is 5.75 Å². The molecule has 7 heteroatoms. The highest BCUT2D eigenvalue weighted by atomic mass is 32.1. The molecular formula is C20H21N3O3S. The Morgan fingerprint density at radius 1 is 1.41 bits per heavy atom. The van der Waals surface area contributed by atoms with E-state index in [0.29, 0.717) is 24.7 Å². The first kappa shape index (κ1) is 17.7. The molecule has 0 radical (unpaired) electrons. The second-order valence-corrected chi connectivity index (χ2v) is 7.79. The third kappa shape index (κ3) is 3.73. The lowest BCUT2D eigenvalue weighted by molar-refractivity contribution is 0.0631. The van der Waals surface area contributed by atoms with Gasteiger partial charge in [0.15, 0.2) is 4.96 Å². The molecule has 3 heterocycles. The van der Waals surface area contributed by atoms with E-state index in [1.807, 2.05) is 31.2 Å². The number of benzene rings is 1. The lowest BCUT2D eigenvalue weighted by atomic mass is 9.98. The summed E-state index contributed by atoms with van der Waals surface area (Å²) in [5, 5.41) is 1.79. The molecule has 1 saturated heterocycles. The number of amides is 1. The highest BCUT2D eigenvalue weighted by molar-refractivity contribution is 7.15. The van der Waals surface area contributed by atoms with Crippen molar-refractivity contribution in [1.29, 1.82) is 0 Å². The van der Waals surface area contributed by atoms with E-state index < -0.39 is 0 Å². The van der Waals surface area contributed by atoms with Gasteiger partial charge in [0.1, 0.15) is 11.3 Å². The molecule has 2 aromatic heterocycles. The molecule has 1 aliphatic rings. The van der Waals surface area contributed by atoms with E-state index in [0.717, 1.165) is 24.2 Å². The number of piperidine rings is 1. The first-order valence-corrected chi connectivity index (χ1v) is 9.93. The molecule has 1 atom stereocenters. The highest BCUT2D eigenvalue weighted by Gasteiger charge is 2.27. The van der Waals surface area contributed by atoms with Gasteiger partial charge in [-0.3, -0.25) is 14.0 Å². The number of aryl methyl sites for hydroxylation is 1. The fraction of sp³-hybridized carbons (Fsp3) is 0.350. The fourth-order valence-electron chi connectivity index (χ4n) is 3.45. The van der Waals surface area contributed by atoms with Crippen molar-refractivity contribution in [2.45, 2.75) is 19.8 Å². The van der Waals surface area contributed by atoms with Crippen LogP contribution in [0.3, 0.4) is 0 Å². The minimum absolute atomic E-state index is 0.131. The van der Waals surface area contributed by atoms with Crippen LogP contribution in [0.4, 0.5) is 0 Å². The molecule has 0 N–H and O–H groups in total. The average molecular weight is 383 g/mol. The molecule has 140 valence electrons.